The molecule has 0 bridgehead atoms. The zero-order chi connectivity index (χ0) is 20.1. The maximum absolute atomic E-state index is 11.9. The largest absolute Gasteiger partial charge is 0.379 e. The SMILES string of the molecule is CCC(=O)C1CCC(NC(=O)CCOCCNC(=O)CCNC(C)=O)CC1. The number of rotatable bonds is 12. The van der Waals surface area contributed by atoms with Crippen molar-refractivity contribution in [3.8, 4) is 0 Å². The zero-order valence-corrected chi connectivity index (χ0v) is 16.5. The second-order valence-corrected chi connectivity index (χ2v) is 6.88. The second kappa shape index (κ2) is 13.2. The normalized spacial score (nSPS) is 19.2. The van der Waals surface area contributed by atoms with Crippen LogP contribution in [0, 0.1) is 5.92 Å². The Morgan fingerprint density at radius 3 is 2.22 bits per heavy atom. The molecule has 0 aromatic rings. The molecule has 0 unspecified atom stereocenters. The van der Waals surface area contributed by atoms with E-state index in [0.717, 1.165) is 25.7 Å². The van der Waals surface area contributed by atoms with E-state index in [0.29, 0.717) is 38.5 Å². The van der Waals surface area contributed by atoms with Crippen LogP contribution in [0.15, 0.2) is 0 Å². The van der Waals surface area contributed by atoms with Crippen molar-refractivity contribution in [2.45, 2.75) is 64.8 Å². The minimum atomic E-state index is -0.160. The molecule has 0 heterocycles. The van der Waals surface area contributed by atoms with Crippen LogP contribution >= 0.6 is 0 Å². The van der Waals surface area contributed by atoms with Gasteiger partial charge in [0.15, 0.2) is 0 Å². The van der Waals surface area contributed by atoms with Crippen molar-refractivity contribution in [3.05, 3.63) is 0 Å². The van der Waals surface area contributed by atoms with E-state index in [9.17, 15) is 19.2 Å². The van der Waals surface area contributed by atoms with E-state index in [1.807, 2.05) is 6.92 Å². The molecule has 1 saturated carbocycles. The van der Waals surface area contributed by atoms with Crippen LogP contribution in [0.25, 0.3) is 0 Å². The molecule has 1 fully saturated rings. The van der Waals surface area contributed by atoms with Crippen molar-refractivity contribution < 1.29 is 23.9 Å². The van der Waals surface area contributed by atoms with Gasteiger partial charge in [0.2, 0.25) is 17.7 Å². The summed E-state index contributed by atoms with van der Waals surface area (Å²) in [6.07, 6.45) is 4.53. The Kier molecular flexibility index (Phi) is 11.3. The third-order valence-electron chi connectivity index (χ3n) is 4.66. The lowest BCUT2D eigenvalue weighted by Gasteiger charge is -2.28. The van der Waals surface area contributed by atoms with Crippen molar-refractivity contribution in [2.24, 2.45) is 5.92 Å². The number of Topliss-reactive ketones (excluding diaryl/α,β-unsaturated/α-hetero) is 1. The third-order valence-corrected chi connectivity index (χ3v) is 4.66. The predicted octanol–water partition coefficient (Wildman–Crippen LogP) is 0.690. The molecule has 0 spiro atoms. The first kappa shape index (κ1) is 23.1. The van der Waals surface area contributed by atoms with E-state index in [1.54, 1.807) is 0 Å². The first-order valence-electron chi connectivity index (χ1n) is 9.83. The average Bonchev–Trinajstić information content (AvgIpc) is 2.64. The van der Waals surface area contributed by atoms with Gasteiger partial charge in [0.05, 0.1) is 13.2 Å². The molecule has 0 saturated heterocycles. The average molecular weight is 383 g/mol. The molecule has 0 aromatic heterocycles. The van der Waals surface area contributed by atoms with Gasteiger partial charge in [-0.1, -0.05) is 6.92 Å². The fourth-order valence-corrected chi connectivity index (χ4v) is 3.12. The molecule has 1 rings (SSSR count). The topological polar surface area (TPSA) is 114 Å². The number of amides is 3. The van der Waals surface area contributed by atoms with Gasteiger partial charge in [0.25, 0.3) is 0 Å². The van der Waals surface area contributed by atoms with Gasteiger partial charge < -0.3 is 20.7 Å². The Morgan fingerprint density at radius 2 is 1.59 bits per heavy atom. The summed E-state index contributed by atoms with van der Waals surface area (Å²) in [5, 5.41) is 8.24. The molecule has 0 aliphatic heterocycles. The Balaban J connectivity index is 1.99. The number of hydrogen-bond acceptors (Lipinski definition) is 5. The highest BCUT2D eigenvalue weighted by atomic mass is 16.5. The molecular formula is C19H33N3O5. The summed E-state index contributed by atoms with van der Waals surface area (Å²) in [5.41, 5.74) is 0. The molecule has 3 N–H and O–H groups in total. The van der Waals surface area contributed by atoms with E-state index in [-0.39, 0.29) is 42.5 Å². The molecule has 154 valence electrons. The monoisotopic (exact) mass is 383 g/mol. The lowest BCUT2D eigenvalue weighted by molar-refractivity contribution is -0.125. The van der Waals surface area contributed by atoms with Gasteiger partial charge in [-0.15, -0.1) is 0 Å². The van der Waals surface area contributed by atoms with Crippen LogP contribution in [0.5, 0.6) is 0 Å². The molecule has 3 amide bonds. The summed E-state index contributed by atoms with van der Waals surface area (Å²) in [6, 6.07) is 0.154. The Hall–Kier alpha value is -1.96. The van der Waals surface area contributed by atoms with Crippen LogP contribution in [0.4, 0.5) is 0 Å². The van der Waals surface area contributed by atoms with Gasteiger partial charge >= 0.3 is 0 Å². The summed E-state index contributed by atoms with van der Waals surface area (Å²) in [6.45, 7) is 4.63. The van der Waals surface area contributed by atoms with Crippen molar-refractivity contribution >= 4 is 23.5 Å². The summed E-state index contributed by atoms with van der Waals surface area (Å²) >= 11 is 0. The molecule has 27 heavy (non-hydrogen) atoms. The standard InChI is InChI=1S/C19H33N3O5/c1-3-17(24)15-4-6-16(7-5-15)22-19(26)9-12-27-13-11-21-18(25)8-10-20-14(2)23/h15-16H,3-13H2,1-2H3,(H,20,23)(H,21,25)(H,22,26). The minimum Gasteiger partial charge on any atom is -0.379 e. The first-order chi connectivity index (χ1) is 12.9. The van der Waals surface area contributed by atoms with E-state index < -0.39 is 0 Å². The minimum absolute atomic E-state index is 0.0420. The molecule has 0 radical (unpaired) electrons. The van der Waals surface area contributed by atoms with Crippen LogP contribution < -0.4 is 16.0 Å². The fraction of sp³-hybridized carbons (Fsp3) is 0.789. The molecule has 1 aliphatic rings. The van der Waals surface area contributed by atoms with Crippen LogP contribution in [-0.4, -0.2) is 55.8 Å². The first-order valence-corrected chi connectivity index (χ1v) is 9.83. The lowest BCUT2D eigenvalue weighted by Crippen LogP contribution is -2.39. The Morgan fingerprint density at radius 1 is 0.889 bits per heavy atom. The summed E-state index contributed by atoms with van der Waals surface area (Å²) in [4.78, 5) is 45.8. The van der Waals surface area contributed by atoms with E-state index in [1.165, 1.54) is 6.92 Å². The van der Waals surface area contributed by atoms with Crippen molar-refractivity contribution in [2.75, 3.05) is 26.3 Å². The Labute approximate surface area is 161 Å². The Bertz CT molecular complexity index is 502. The van der Waals surface area contributed by atoms with Gasteiger partial charge in [-0.2, -0.15) is 0 Å². The van der Waals surface area contributed by atoms with Crippen LogP contribution in [0.3, 0.4) is 0 Å². The zero-order valence-electron chi connectivity index (χ0n) is 16.5. The van der Waals surface area contributed by atoms with Gasteiger partial charge in [-0.25, -0.2) is 0 Å². The van der Waals surface area contributed by atoms with E-state index in [2.05, 4.69) is 16.0 Å². The van der Waals surface area contributed by atoms with Crippen molar-refractivity contribution in [3.63, 3.8) is 0 Å². The maximum Gasteiger partial charge on any atom is 0.222 e. The van der Waals surface area contributed by atoms with Crippen LogP contribution in [0.2, 0.25) is 0 Å². The molecule has 8 heteroatoms. The maximum atomic E-state index is 11.9. The molecule has 0 aromatic carbocycles. The molecule has 8 nitrogen and oxygen atoms in total. The van der Waals surface area contributed by atoms with Gasteiger partial charge in [-0.3, -0.25) is 19.2 Å². The van der Waals surface area contributed by atoms with Crippen molar-refractivity contribution in [1.82, 2.24) is 16.0 Å². The van der Waals surface area contributed by atoms with E-state index in [4.69, 9.17) is 4.74 Å². The number of nitrogens with one attached hydrogen (secondary N) is 3. The van der Waals surface area contributed by atoms with E-state index >= 15 is 0 Å². The summed E-state index contributed by atoms with van der Waals surface area (Å²) in [7, 11) is 0. The highest BCUT2D eigenvalue weighted by molar-refractivity contribution is 5.81. The van der Waals surface area contributed by atoms with Gasteiger partial charge in [-0.05, 0) is 25.7 Å². The number of carbonyl (C=O) groups is 4. The van der Waals surface area contributed by atoms with Gasteiger partial charge in [0.1, 0.15) is 5.78 Å². The molecule has 1 aliphatic carbocycles. The highest BCUT2D eigenvalue weighted by Crippen LogP contribution is 2.25. The summed E-state index contributed by atoms with van der Waals surface area (Å²) < 4.78 is 5.36. The second-order valence-electron chi connectivity index (χ2n) is 6.88. The summed E-state index contributed by atoms with van der Waals surface area (Å²) in [5.74, 6) is 0.143. The van der Waals surface area contributed by atoms with Crippen LogP contribution in [-0.2, 0) is 23.9 Å². The quantitative estimate of drug-likeness (QED) is 0.429. The fourth-order valence-electron chi connectivity index (χ4n) is 3.12. The number of ether oxygens (including phenoxy) is 1. The third kappa shape index (κ3) is 10.7. The molecule has 0 atom stereocenters. The smallest absolute Gasteiger partial charge is 0.222 e. The number of ketones is 1. The van der Waals surface area contributed by atoms with Gasteiger partial charge in [0, 0.05) is 51.2 Å². The number of carbonyl (C=O) groups excluding carboxylic acids is 4. The number of hydrogen-bond donors (Lipinski definition) is 3. The predicted molar refractivity (Wildman–Crippen MR) is 101 cm³/mol. The lowest BCUT2D eigenvalue weighted by atomic mass is 9.83. The molecular weight excluding hydrogens is 350 g/mol. The van der Waals surface area contributed by atoms with Crippen LogP contribution in [0.1, 0.15) is 58.8 Å². The highest BCUT2D eigenvalue weighted by Gasteiger charge is 2.25. The van der Waals surface area contributed by atoms with Crippen molar-refractivity contribution in [1.29, 1.82) is 0 Å².